The smallest absolute Gasteiger partial charge is 0.317 e. The first-order chi connectivity index (χ1) is 15.0. The highest BCUT2D eigenvalue weighted by molar-refractivity contribution is 7.99. The Morgan fingerprint density at radius 3 is 2.61 bits per heavy atom. The third-order valence-electron chi connectivity index (χ3n) is 5.26. The number of ketones is 1. The van der Waals surface area contributed by atoms with Crippen LogP contribution in [0.2, 0.25) is 0 Å². The van der Waals surface area contributed by atoms with Crippen LogP contribution < -0.4 is 5.32 Å². The van der Waals surface area contributed by atoms with Crippen molar-refractivity contribution in [2.24, 2.45) is 5.92 Å². The summed E-state index contributed by atoms with van der Waals surface area (Å²) in [7, 11) is 0. The standard InChI is InChI=1S/C23H32N4O3S/c1-17(2)15-20(28)21-25-26-23(30-21)31-14-13-27(16-18-9-5-3-6-10-18)22(29)24-19-11-7-4-8-12-19/h3,5-6,9-10,17,19H,4,7-8,11-16H2,1-2H3,(H,24,29). The van der Waals surface area contributed by atoms with E-state index in [0.717, 1.165) is 18.4 Å². The molecule has 2 aromatic rings. The van der Waals surface area contributed by atoms with Gasteiger partial charge in [0, 0.05) is 31.3 Å². The molecule has 1 aromatic heterocycles. The molecule has 3 rings (SSSR count). The third-order valence-corrected chi connectivity index (χ3v) is 6.06. The highest BCUT2D eigenvalue weighted by Gasteiger charge is 2.21. The molecule has 1 N–H and O–H groups in total. The molecule has 1 aliphatic carbocycles. The van der Waals surface area contributed by atoms with Crippen molar-refractivity contribution >= 4 is 23.6 Å². The first-order valence-corrected chi connectivity index (χ1v) is 12.1. The number of nitrogens with zero attached hydrogens (tertiary/aromatic N) is 3. The van der Waals surface area contributed by atoms with Crippen LogP contribution in [0, 0.1) is 5.92 Å². The van der Waals surface area contributed by atoms with Crippen LogP contribution in [0.1, 0.15) is 68.6 Å². The molecule has 0 aliphatic heterocycles. The second kappa shape index (κ2) is 11.9. The Morgan fingerprint density at radius 2 is 1.90 bits per heavy atom. The van der Waals surface area contributed by atoms with Crippen molar-refractivity contribution in [3.8, 4) is 0 Å². The van der Waals surface area contributed by atoms with Gasteiger partial charge in [-0.15, -0.1) is 10.2 Å². The summed E-state index contributed by atoms with van der Waals surface area (Å²) in [6.07, 6.45) is 6.09. The van der Waals surface area contributed by atoms with Crippen molar-refractivity contribution in [1.82, 2.24) is 20.4 Å². The molecule has 0 radical (unpaired) electrons. The van der Waals surface area contributed by atoms with Crippen molar-refractivity contribution in [1.29, 1.82) is 0 Å². The average Bonchev–Trinajstić information content (AvgIpc) is 3.23. The van der Waals surface area contributed by atoms with Crippen LogP contribution in [0.25, 0.3) is 0 Å². The quantitative estimate of drug-likeness (QED) is 0.413. The highest BCUT2D eigenvalue weighted by Crippen LogP contribution is 2.20. The minimum Gasteiger partial charge on any atom is -0.408 e. The zero-order chi connectivity index (χ0) is 22.1. The normalized spacial score (nSPS) is 14.5. The second-order valence-corrected chi connectivity index (χ2v) is 9.48. The molecule has 0 bridgehead atoms. The van der Waals surface area contributed by atoms with E-state index in [0.29, 0.717) is 30.5 Å². The van der Waals surface area contributed by atoms with Gasteiger partial charge in [-0.3, -0.25) is 4.79 Å². The molecule has 0 saturated heterocycles. The first-order valence-electron chi connectivity index (χ1n) is 11.1. The number of benzene rings is 1. The predicted molar refractivity (Wildman–Crippen MR) is 121 cm³/mol. The van der Waals surface area contributed by atoms with Crippen LogP contribution in [-0.4, -0.2) is 45.3 Å². The number of Topliss-reactive ketones (excluding diaryl/α,β-unsaturated/α-hetero) is 1. The zero-order valence-corrected chi connectivity index (χ0v) is 19.2. The Morgan fingerprint density at radius 1 is 1.16 bits per heavy atom. The van der Waals surface area contributed by atoms with Gasteiger partial charge in [0.15, 0.2) is 0 Å². The van der Waals surface area contributed by atoms with Gasteiger partial charge >= 0.3 is 6.03 Å². The highest BCUT2D eigenvalue weighted by atomic mass is 32.2. The van der Waals surface area contributed by atoms with E-state index in [1.165, 1.54) is 31.0 Å². The Kier molecular flexibility index (Phi) is 8.94. The maximum Gasteiger partial charge on any atom is 0.317 e. The van der Waals surface area contributed by atoms with Gasteiger partial charge in [-0.05, 0) is 24.3 Å². The van der Waals surface area contributed by atoms with E-state index in [-0.39, 0.29) is 29.7 Å². The zero-order valence-electron chi connectivity index (χ0n) is 18.4. The molecule has 8 heteroatoms. The lowest BCUT2D eigenvalue weighted by Gasteiger charge is -2.28. The number of aromatic nitrogens is 2. The van der Waals surface area contributed by atoms with Gasteiger partial charge in [-0.25, -0.2) is 4.79 Å². The molecule has 1 heterocycles. The van der Waals surface area contributed by atoms with E-state index < -0.39 is 0 Å². The summed E-state index contributed by atoms with van der Waals surface area (Å²) in [4.78, 5) is 26.9. The second-order valence-electron chi connectivity index (χ2n) is 8.43. The number of rotatable bonds is 10. The molecule has 0 atom stereocenters. The fraction of sp³-hybridized carbons (Fsp3) is 0.565. The Bertz CT molecular complexity index is 834. The molecule has 0 spiro atoms. The van der Waals surface area contributed by atoms with Gasteiger partial charge in [0.05, 0.1) is 0 Å². The number of hydrogen-bond acceptors (Lipinski definition) is 6. The topological polar surface area (TPSA) is 88.3 Å². The minimum atomic E-state index is -0.132. The summed E-state index contributed by atoms with van der Waals surface area (Å²) < 4.78 is 5.50. The van der Waals surface area contributed by atoms with Crippen LogP contribution in [0.5, 0.6) is 0 Å². The number of hydrogen-bond donors (Lipinski definition) is 1. The van der Waals surface area contributed by atoms with E-state index in [4.69, 9.17) is 4.42 Å². The van der Waals surface area contributed by atoms with Gasteiger partial charge < -0.3 is 14.6 Å². The van der Waals surface area contributed by atoms with Gasteiger partial charge in [-0.1, -0.05) is 75.2 Å². The molecule has 31 heavy (non-hydrogen) atoms. The molecular weight excluding hydrogens is 412 g/mol. The molecule has 1 aromatic carbocycles. The van der Waals surface area contributed by atoms with E-state index in [9.17, 15) is 9.59 Å². The van der Waals surface area contributed by atoms with Gasteiger partial charge in [0.2, 0.25) is 5.78 Å². The van der Waals surface area contributed by atoms with Crippen molar-refractivity contribution in [2.75, 3.05) is 12.3 Å². The minimum absolute atomic E-state index is 0.0327. The summed E-state index contributed by atoms with van der Waals surface area (Å²) in [5.41, 5.74) is 1.09. The van der Waals surface area contributed by atoms with Crippen molar-refractivity contribution in [3.63, 3.8) is 0 Å². The molecular formula is C23H32N4O3S. The maximum absolute atomic E-state index is 13.0. The summed E-state index contributed by atoms with van der Waals surface area (Å²) in [5, 5.41) is 11.4. The fourth-order valence-electron chi connectivity index (χ4n) is 3.65. The molecule has 1 saturated carbocycles. The molecule has 0 unspecified atom stereocenters. The lowest BCUT2D eigenvalue weighted by Crippen LogP contribution is -2.45. The van der Waals surface area contributed by atoms with Crippen molar-refractivity contribution in [2.45, 2.75) is 70.2 Å². The lowest BCUT2D eigenvalue weighted by molar-refractivity contribution is 0.0929. The number of carbonyl (C=O) groups excluding carboxylic acids is 2. The van der Waals surface area contributed by atoms with E-state index in [1.54, 1.807) is 0 Å². The third kappa shape index (κ3) is 7.69. The molecule has 7 nitrogen and oxygen atoms in total. The van der Waals surface area contributed by atoms with Crippen LogP contribution in [-0.2, 0) is 6.54 Å². The Labute approximate surface area is 188 Å². The van der Waals surface area contributed by atoms with Gasteiger partial charge in [-0.2, -0.15) is 0 Å². The fourth-order valence-corrected chi connectivity index (χ4v) is 4.37. The number of amides is 2. The predicted octanol–water partition coefficient (Wildman–Crippen LogP) is 4.94. The Hall–Kier alpha value is -2.35. The maximum atomic E-state index is 13.0. The van der Waals surface area contributed by atoms with E-state index in [2.05, 4.69) is 15.5 Å². The van der Waals surface area contributed by atoms with E-state index in [1.807, 2.05) is 49.1 Å². The average molecular weight is 445 g/mol. The van der Waals surface area contributed by atoms with Crippen LogP contribution in [0.4, 0.5) is 4.79 Å². The lowest BCUT2D eigenvalue weighted by atomic mass is 9.96. The van der Waals surface area contributed by atoms with Crippen LogP contribution in [0.15, 0.2) is 40.0 Å². The summed E-state index contributed by atoms with van der Waals surface area (Å²) in [6, 6.07) is 10.2. The van der Waals surface area contributed by atoms with Crippen LogP contribution in [0.3, 0.4) is 0 Å². The summed E-state index contributed by atoms with van der Waals surface area (Å²) in [5.74, 6) is 0.772. The molecule has 168 valence electrons. The molecule has 1 fully saturated rings. The van der Waals surface area contributed by atoms with Crippen molar-refractivity contribution < 1.29 is 14.0 Å². The largest absolute Gasteiger partial charge is 0.408 e. The number of urea groups is 1. The molecule has 1 aliphatic rings. The van der Waals surface area contributed by atoms with Crippen LogP contribution >= 0.6 is 11.8 Å². The number of nitrogens with one attached hydrogen (secondary N) is 1. The van der Waals surface area contributed by atoms with Gasteiger partial charge in [0.1, 0.15) is 0 Å². The first kappa shape index (κ1) is 23.3. The number of thioether (sulfide) groups is 1. The van der Waals surface area contributed by atoms with E-state index >= 15 is 0 Å². The van der Waals surface area contributed by atoms with Crippen molar-refractivity contribution in [3.05, 3.63) is 41.8 Å². The summed E-state index contributed by atoms with van der Waals surface area (Å²) >= 11 is 1.37. The monoisotopic (exact) mass is 444 g/mol. The SMILES string of the molecule is CC(C)CC(=O)c1nnc(SCCN(Cc2ccccc2)C(=O)NC2CCCCC2)o1. The molecule has 2 amide bonds. The summed E-state index contributed by atoms with van der Waals surface area (Å²) in [6.45, 7) is 5.03. The number of carbonyl (C=O) groups is 2. The Balaban J connectivity index is 1.56. The van der Waals surface area contributed by atoms with Gasteiger partial charge in [0.25, 0.3) is 11.1 Å².